The van der Waals surface area contributed by atoms with E-state index in [0.717, 1.165) is 11.1 Å². The number of carbonyl (C=O) groups is 2. The fourth-order valence-electron chi connectivity index (χ4n) is 4.52. The maximum absolute atomic E-state index is 13.3. The van der Waals surface area contributed by atoms with E-state index in [1.54, 1.807) is 31.4 Å². The molecule has 4 rings (SSSR count). The average molecular weight is 571 g/mol. The molecule has 3 aromatic rings. The van der Waals surface area contributed by atoms with E-state index < -0.39 is 24.6 Å². The van der Waals surface area contributed by atoms with E-state index in [9.17, 15) is 22.8 Å². The first-order valence-electron chi connectivity index (χ1n) is 12.9. The number of pyridine rings is 1. The van der Waals surface area contributed by atoms with E-state index in [-0.39, 0.29) is 28.9 Å². The van der Waals surface area contributed by atoms with Crippen molar-refractivity contribution < 1.29 is 32.2 Å². The Bertz CT molecular complexity index is 1450. The molecule has 3 heterocycles. The Morgan fingerprint density at radius 1 is 1.29 bits per heavy atom. The summed E-state index contributed by atoms with van der Waals surface area (Å²) >= 11 is 0. The standard InChI is InChI=1S/C28H29F3N6O4/c1-17-4-8-21(41-16-28(29,30)31)12-19(17)6-7-20-13-22-24(26(38)35-20)25(27(39)33-10-3-11-40-2)37(36-22)23-9-5-18(14-32)15-34-23/h4-5,8-9,12,15,20H,3,6-7,10-11,13,16H2,1-2H3,(H,33,39)(H,35,38)/t20-/m0/s1. The molecule has 10 nitrogen and oxygen atoms in total. The summed E-state index contributed by atoms with van der Waals surface area (Å²) in [6, 6.07) is 9.51. The van der Waals surface area contributed by atoms with Crippen LogP contribution in [0.25, 0.3) is 5.82 Å². The highest BCUT2D eigenvalue weighted by Crippen LogP contribution is 2.26. The highest BCUT2D eigenvalue weighted by atomic mass is 19.4. The molecule has 0 saturated heterocycles. The van der Waals surface area contributed by atoms with Gasteiger partial charge >= 0.3 is 6.18 Å². The normalized spacial score (nSPS) is 14.6. The van der Waals surface area contributed by atoms with Gasteiger partial charge in [0.2, 0.25) is 0 Å². The van der Waals surface area contributed by atoms with Crippen molar-refractivity contribution in [3.63, 3.8) is 0 Å². The van der Waals surface area contributed by atoms with Gasteiger partial charge in [0, 0.05) is 38.9 Å². The molecule has 0 bridgehead atoms. The summed E-state index contributed by atoms with van der Waals surface area (Å²) in [7, 11) is 1.56. The van der Waals surface area contributed by atoms with Crippen LogP contribution in [0.4, 0.5) is 13.2 Å². The Balaban J connectivity index is 1.55. The zero-order chi connectivity index (χ0) is 29.6. The van der Waals surface area contributed by atoms with Gasteiger partial charge in [-0.05, 0) is 61.6 Å². The lowest BCUT2D eigenvalue weighted by atomic mass is 9.94. The van der Waals surface area contributed by atoms with Crippen LogP contribution < -0.4 is 15.4 Å². The highest BCUT2D eigenvalue weighted by Gasteiger charge is 2.35. The molecular weight excluding hydrogens is 541 g/mol. The Morgan fingerprint density at radius 3 is 2.78 bits per heavy atom. The van der Waals surface area contributed by atoms with Gasteiger partial charge in [-0.1, -0.05) is 6.07 Å². The molecule has 0 aliphatic carbocycles. The zero-order valence-corrected chi connectivity index (χ0v) is 22.5. The molecule has 0 radical (unpaired) electrons. The van der Waals surface area contributed by atoms with Gasteiger partial charge < -0.3 is 20.1 Å². The van der Waals surface area contributed by atoms with E-state index in [0.29, 0.717) is 50.1 Å². The van der Waals surface area contributed by atoms with Gasteiger partial charge in [-0.25, -0.2) is 9.67 Å². The van der Waals surface area contributed by atoms with Crippen LogP contribution in [0.2, 0.25) is 0 Å². The van der Waals surface area contributed by atoms with Gasteiger partial charge in [0.1, 0.15) is 17.5 Å². The van der Waals surface area contributed by atoms with Crippen LogP contribution in [0.15, 0.2) is 36.5 Å². The van der Waals surface area contributed by atoms with Crippen LogP contribution in [-0.2, 0) is 17.6 Å². The third-order valence-electron chi connectivity index (χ3n) is 6.57. The summed E-state index contributed by atoms with van der Waals surface area (Å²) in [6.07, 6.45) is -1.23. The van der Waals surface area contributed by atoms with Gasteiger partial charge in [0.05, 0.1) is 16.8 Å². The lowest BCUT2D eigenvalue weighted by Crippen LogP contribution is -2.42. The second kappa shape index (κ2) is 12.8. The second-order valence-electron chi connectivity index (χ2n) is 9.61. The molecule has 2 aromatic heterocycles. The van der Waals surface area contributed by atoms with Crippen molar-refractivity contribution in [2.75, 3.05) is 26.9 Å². The molecule has 216 valence electrons. The zero-order valence-electron chi connectivity index (χ0n) is 22.5. The first-order valence-corrected chi connectivity index (χ1v) is 12.9. The Labute approximate surface area is 234 Å². The second-order valence-corrected chi connectivity index (χ2v) is 9.61. The van der Waals surface area contributed by atoms with Gasteiger partial charge in [0.25, 0.3) is 11.8 Å². The van der Waals surface area contributed by atoms with Crippen LogP contribution in [0.3, 0.4) is 0 Å². The third kappa shape index (κ3) is 7.40. The molecule has 1 aliphatic heterocycles. The van der Waals surface area contributed by atoms with E-state index >= 15 is 0 Å². The number of nitrogens with one attached hydrogen (secondary N) is 2. The number of ether oxygens (including phenoxy) is 2. The molecule has 0 saturated carbocycles. The molecule has 2 amide bonds. The summed E-state index contributed by atoms with van der Waals surface area (Å²) in [6.45, 7) is 1.25. The van der Waals surface area contributed by atoms with E-state index in [4.69, 9.17) is 14.7 Å². The summed E-state index contributed by atoms with van der Waals surface area (Å²) in [5.41, 5.74) is 2.62. The van der Waals surface area contributed by atoms with Gasteiger partial charge in [-0.2, -0.15) is 23.5 Å². The predicted octanol–water partition coefficient (Wildman–Crippen LogP) is 3.44. The van der Waals surface area contributed by atoms with Crippen molar-refractivity contribution in [2.24, 2.45) is 0 Å². The van der Waals surface area contributed by atoms with Gasteiger partial charge in [-0.15, -0.1) is 0 Å². The van der Waals surface area contributed by atoms with Crippen molar-refractivity contribution >= 4 is 11.8 Å². The summed E-state index contributed by atoms with van der Waals surface area (Å²) in [4.78, 5) is 30.8. The Hall–Kier alpha value is -4.44. The number of hydrogen-bond acceptors (Lipinski definition) is 7. The van der Waals surface area contributed by atoms with Crippen molar-refractivity contribution in [3.8, 4) is 17.6 Å². The summed E-state index contributed by atoms with van der Waals surface area (Å²) in [5.74, 6) is -0.568. The SMILES string of the molecule is COCCCNC(=O)c1c2c(nn1-c1ccc(C#N)cn1)C[C@H](CCc1cc(OCC(F)(F)F)ccc1C)NC2=O. The molecular formula is C28H29F3N6O4. The van der Waals surface area contributed by atoms with Crippen molar-refractivity contribution in [3.05, 3.63) is 70.2 Å². The maximum Gasteiger partial charge on any atom is 0.422 e. The van der Waals surface area contributed by atoms with E-state index in [2.05, 4.69) is 20.7 Å². The third-order valence-corrected chi connectivity index (χ3v) is 6.57. The van der Waals surface area contributed by atoms with Crippen LogP contribution in [-0.4, -0.2) is 65.7 Å². The highest BCUT2D eigenvalue weighted by molar-refractivity contribution is 6.08. The lowest BCUT2D eigenvalue weighted by molar-refractivity contribution is -0.153. The number of benzene rings is 1. The molecule has 0 fully saturated rings. The summed E-state index contributed by atoms with van der Waals surface area (Å²) in [5, 5.41) is 19.4. The number of amides is 2. The molecule has 1 aliphatic rings. The fraction of sp³-hybridized carbons (Fsp3) is 0.393. The Morgan fingerprint density at radius 2 is 2.10 bits per heavy atom. The number of aryl methyl sites for hydroxylation is 2. The van der Waals surface area contributed by atoms with Gasteiger partial charge in [0.15, 0.2) is 12.4 Å². The number of aromatic nitrogens is 3. The lowest BCUT2D eigenvalue weighted by Gasteiger charge is -2.23. The van der Waals surface area contributed by atoms with E-state index in [1.165, 1.54) is 16.9 Å². The number of rotatable bonds is 11. The number of halogens is 3. The quantitative estimate of drug-likeness (QED) is 0.338. The fourth-order valence-corrected chi connectivity index (χ4v) is 4.52. The number of nitriles is 1. The molecule has 1 atom stereocenters. The van der Waals surface area contributed by atoms with Crippen molar-refractivity contribution in [1.29, 1.82) is 5.26 Å². The van der Waals surface area contributed by atoms with Gasteiger partial charge in [-0.3, -0.25) is 9.59 Å². The molecule has 13 heteroatoms. The monoisotopic (exact) mass is 570 g/mol. The molecule has 1 aromatic carbocycles. The minimum absolute atomic E-state index is 0.0379. The molecule has 0 spiro atoms. The number of alkyl halides is 3. The number of methoxy groups -OCH3 is 1. The topological polar surface area (TPSA) is 131 Å². The number of hydrogen-bond donors (Lipinski definition) is 2. The van der Waals surface area contributed by atoms with Crippen LogP contribution in [0.5, 0.6) is 5.75 Å². The van der Waals surface area contributed by atoms with Crippen LogP contribution >= 0.6 is 0 Å². The van der Waals surface area contributed by atoms with Crippen LogP contribution in [0.1, 0.15) is 56.1 Å². The average Bonchev–Trinajstić information content (AvgIpc) is 3.34. The maximum atomic E-state index is 13.3. The molecule has 2 N–H and O–H groups in total. The number of carbonyl (C=O) groups excluding carboxylic acids is 2. The van der Waals surface area contributed by atoms with Crippen molar-refractivity contribution in [1.82, 2.24) is 25.4 Å². The van der Waals surface area contributed by atoms with Crippen LogP contribution in [0, 0.1) is 18.3 Å². The molecule has 0 unspecified atom stereocenters. The predicted molar refractivity (Wildman–Crippen MR) is 141 cm³/mol. The Kier molecular flexibility index (Phi) is 9.24. The first-order chi connectivity index (χ1) is 19.6. The smallest absolute Gasteiger partial charge is 0.422 e. The van der Waals surface area contributed by atoms with Crippen molar-refractivity contribution in [2.45, 2.75) is 44.8 Å². The molecule has 41 heavy (non-hydrogen) atoms. The number of fused-ring (bicyclic) bond motifs is 1. The van der Waals surface area contributed by atoms with E-state index in [1.807, 2.05) is 13.0 Å². The number of nitrogens with zero attached hydrogens (tertiary/aromatic N) is 4. The largest absolute Gasteiger partial charge is 0.484 e. The minimum atomic E-state index is -4.44. The first kappa shape index (κ1) is 29.5. The minimum Gasteiger partial charge on any atom is -0.484 e. The summed E-state index contributed by atoms with van der Waals surface area (Å²) < 4.78 is 48.9.